The van der Waals surface area contributed by atoms with Crippen molar-refractivity contribution in [3.63, 3.8) is 0 Å². The average Bonchev–Trinajstić information content (AvgIpc) is 2.44. The van der Waals surface area contributed by atoms with Gasteiger partial charge in [0.2, 0.25) is 0 Å². The zero-order chi connectivity index (χ0) is 17.3. The minimum atomic E-state index is -1.32. The molecule has 0 aromatic heterocycles. The zero-order valence-electron chi connectivity index (χ0n) is 15.6. The first-order valence-electron chi connectivity index (χ1n) is 8.41. The van der Waals surface area contributed by atoms with Crippen LogP contribution in [0.15, 0.2) is 24.3 Å². The molecule has 1 aromatic rings. The molecule has 1 aliphatic rings. The third-order valence-electron chi connectivity index (χ3n) is 4.34. The highest BCUT2D eigenvalue weighted by Gasteiger charge is 2.38. The summed E-state index contributed by atoms with van der Waals surface area (Å²) in [7, 11) is -1.32. The lowest BCUT2D eigenvalue weighted by atomic mass is 9.82. The molecular weight excluding hydrogens is 316 g/mol. The van der Waals surface area contributed by atoms with Gasteiger partial charge in [0.05, 0.1) is 6.61 Å². The van der Waals surface area contributed by atoms with Crippen LogP contribution in [0.25, 0.3) is 0 Å². The van der Waals surface area contributed by atoms with Crippen molar-refractivity contribution in [3.8, 4) is 11.5 Å². The Morgan fingerprint density at radius 3 is 2.22 bits per heavy atom. The van der Waals surface area contributed by atoms with Crippen molar-refractivity contribution >= 4 is 19.8 Å². The molecule has 0 saturated carbocycles. The van der Waals surface area contributed by atoms with Gasteiger partial charge < -0.3 is 4.74 Å². The third kappa shape index (κ3) is 5.14. The molecule has 23 heavy (non-hydrogen) atoms. The van der Waals surface area contributed by atoms with E-state index in [1.807, 2.05) is 11.8 Å². The minimum Gasteiger partial charge on any atom is -0.360 e. The number of ether oxygens (including phenoxy) is 1. The average molecular weight is 347 g/mol. The molecule has 1 heterocycles. The summed E-state index contributed by atoms with van der Waals surface area (Å²) in [5.74, 6) is 5.08. The van der Waals surface area contributed by atoms with Crippen LogP contribution in [-0.4, -0.2) is 20.4 Å². The first-order chi connectivity index (χ1) is 10.5. The summed E-state index contributed by atoms with van der Waals surface area (Å²) in [4.78, 5) is -0.230. The maximum Gasteiger partial charge on any atom is 0.136 e. The van der Waals surface area contributed by atoms with Gasteiger partial charge in [0, 0.05) is 11.3 Å². The first-order valence-corrected chi connectivity index (χ1v) is 12.9. The van der Waals surface area contributed by atoms with Gasteiger partial charge in [-0.2, -0.15) is 0 Å². The fourth-order valence-electron chi connectivity index (χ4n) is 2.39. The summed E-state index contributed by atoms with van der Waals surface area (Å²) >= 11 is 1.93. The first kappa shape index (κ1) is 18.6. The van der Waals surface area contributed by atoms with Crippen molar-refractivity contribution in [2.24, 2.45) is 11.3 Å². The molecule has 1 aliphatic heterocycles. The van der Waals surface area contributed by atoms with E-state index in [9.17, 15) is 0 Å². The van der Waals surface area contributed by atoms with Crippen LogP contribution in [0.4, 0.5) is 0 Å². The van der Waals surface area contributed by atoms with Crippen LogP contribution in [0.1, 0.15) is 38.8 Å². The van der Waals surface area contributed by atoms with E-state index < -0.39 is 8.07 Å². The molecular formula is C20H30OSSi. The van der Waals surface area contributed by atoms with E-state index in [1.165, 1.54) is 5.56 Å². The molecule has 1 nitrogen and oxygen atoms in total. The van der Waals surface area contributed by atoms with Crippen LogP contribution >= 0.6 is 11.8 Å². The van der Waals surface area contributed by atoms with Gasteiger partial charge in [0.1, 0.15) is 13.0 Å². The van der Waals surface area contributed by atoms with Crippen LogP contribution in [0, 0.1) is 22.8 Å². The van der Waals surface area contributed by atoms with Gasteiger partial charge in [-0.1, -0.05) is 58.5 Å². The summed E-state index contributed by atoms with van der Waals surface area (Å²) in [5, 5.41) is 0. The number of rotatable bonds is 1. The van der Waals surface area contributed by atoms with Crippen molar-refractivity contribution in [3.05, 3.63) is 35.4 Å². The van der Waals surface area contributed by atoms with E-state index in [-0.39, 0.29) is 4.93 Å². The number of thioether (sulfide) groups is 1. The molecule has 0 bridgehead atoms. The summed E-state index contributed by atoms with van der Waals surface area (Å²) in [6.45, 7) is 16.8. The Morgan fingerprint density at radius 2 is 1.78 bits per heavy atom. The van der Waals surface area contributed by atoms with Gasteiger partial charge in [-0.3, -0.25) is 0 Å². The van der Waals surface area contributed by atoms with E-state index in [0.29, 0.717) is 11.3 Å². The van der Waals surface area contributed by atoms with E-state index >= 15 is 0 Å². The molecule has 0 radical (unpaired) electrons. The molecule has 0 aliphatic carbocycles. The second-order valence-corrected chi connectivity index (χ2v) is 14.9. The Morgan fingerprint density at radius 1 is 1.17 bits per heavy atom. The third-order valence-corrected chi connectivity index (χ3v) is 6.68. The molecule has 1 saturated heterocycles. The maximum absolute atomic E-state index is 6.28. The summed E-state index contributed by atoms with van der Waals surface area (Å²) in [6.07, 6.45) is 0. The molecule has 3 heteroatoms. The van der Waals surface area contributed by atoms with Crippen LogP contribution in [0.3, 0.4) is 0 Å². The van der Waals surface area contributed by atoms with Crippen molar-refractivity contribution in [1.29, 1.82) is 0 Å². The zero-order valence-corrected chi connectivity index (χ0v) is 17.4. The molecule has 1 aromatic carbocycles. The minimum absolute atomic E-state index is 0.230. The molecule has 126 valence electrons. The Bertz CT molecular complexity index is 588. The summed E-state index contributed by atoms with van der Waals surface area (Å²) in [6, 6.07) is 8.62. The molecule has 2 rings (SSSR count). The molecule has 0 amide bonds. The number of hydrogen-bond donors (Lipinski definition) is 0. The van der Waals surface area contributed by atoms with Crippen LogP contribution < -0.4 is 0 Å². The van der Waals surface area contributed by atoms with E-state index in [0.717, 1.165) is 17.9 Å². The SMILES string of the molecule is CC1(c2ccc(C#C[Si](C)(C)C)cc2)OCC(C(C)(C)C)CS1. The fraction of sp³-hybridized carbons (Fsp3) is 0.600. The standard InChI is InChI=1S/C20H30OSSi/c1-19(2,3)18-14-21-20(4,22-15-18)17-10-8-16(9-11-17)12-13-23(5,6)7/h8-11,18H,14-15H2,1-7H3. The molecule has 2 unspecified atom stereocenters. The van der Waals surface area contributed by atoms with Crippen molar-refractivity contribution in [2.45, 2.75) is 52.3 Å². The fourth-order valence-corrected chi connectivity index (χ4v) is 4.48. The second-order valence-electron chi connectivity index (χ2n) is 8.71. The van der Waals surface area contributed by atoms with Gasteiger partial charge in [-0.05, 0) is 36.0 Å². The summed E-state index contributed by atoms with van der Waals surface area (Å²) < 4.78 is 6.28. The van der Waals surface area contributed by atoms with Gasteiger partial charge in [0.25, 0.3) is 0 Å². The largest absolute Gasteiger partial charge is 0.360 e. The van der Waals surface area contributed by atoms with Gasteiger partial charge in [0.15, 0.2) is 0 Å². The molecule has 1 fully saturated rings. The van der Waals surface area contributed by atoms with E-state index in [4.69, 9.17) is 4.74 Å². The monoisotopic (exact) mass is 346 g/mol. The Hall–Kier alpha value is -0.693. The Kier molecular flexibility index (Phi) is 5.40. The highest BCUT2D eigenvalue weighted by Crippen LogP contribution is 2.45. The van der Waals surface area contributed by atoms with Gasteiger partial charge in [-0.15, -0.1) is 17.3 Å². The van der Waals surface area contributed by atoms with E-state index in [1.54, 1.807) is 0 Å². The maximum atomic E-state index is 6.28. The predicted molar refractivity (Wildman–Crippen MR) is 105 cm³/mol. The van der Waals surface area contributed by atoms with E-state index in [2.05, 4.69) is 83.1 Å². The highest BCUT2D eigenvalue weighted by molar-refractivity contribution is 8.00. The van der Waals surface area contributed by atoms with Crippen LogP contribution in [-0.2, 0) is 9.67 Å². The van der Waals surface area contributed by atoms with Gasteiger partial charge in [-0.25, -0.2) is 0 Å². The van der Waals surface area contributed by atoms with Gasteiger partial charge >= 0.3 is 0 Å². The van der Waals surface area contributed by atoms with Crippen LogP contribution in [0.5, 0.6) is 0 Å². The number of hydrogen-bond acceptors (Lipinski definition) is 2. The second kappa shape index (κ2) is 6.67. The number of benzene rings is 1. The van der Waals surface area contributed by atoms with Crippen LogP contribution in [0.2, 0.25) is 19.6 Å². The Labute approximate surface area is 147 Å². The lowest BCUT2D eigenvalue weighted by molar-refractivity contribution is -0.0164. The quantitative estimate of drug-likeness (QED) is 0.489. The molecule has 0 N–H and O–H groups in total. The van der Waals surface area contributed by atoms with Crippen molar-refractivity contribution < 1.29 is 4.74 Å². The highest BCUT2D eigenvalue weighted by atomic mass is 32.2. The molecule has 2 atom stereocenters. The lowest BCUT2D eigenvalue weighted by Gasteiger charge is -2.42. The predicted octanol–water partition coefficient (Wildman–Crippen LogP) is 5.51. The summed E-state index contributed by atoms with van der Waals surface area (Å²) in [5.41, 5.74) is 6.08. The normalized spacial score (nSPS) is 25.6. The van der Waals surface area contributed by atoms with Crippen molar-refractivity contribution in [2.75, 3.05) is 12.4 Å². The smallest absolute Gasteiger partial charge is 0.136 e. The van der Waals surface area contributed by atoms with Crippen molar-refractivity contribution in [1.82, 2.24) is 0 Å². The lowest BCUT2D eigenvalue weighted by Crippen LogP contribution is -2.38. The Balaban J connectivity index is 2.09. The topological polar surface area (TPSA) is 9.23 Å². The molecule has 0 spiro atoms.